The summed E-state index contributed by atoms with van der Waals surface area (Å²) in [5.74, 6) is 0.00581. The highest BCUT2D eigenvalue weighted by atomic mass is 16.5. The normalized spacial score (nSPS) is 16.0. The Kier molecular flexibility index (Phi) is 11.2. The zero-order valence-electron chi connectivity index (χ0n) is 43.2. The second kappa shape index (κ2) is 19.0. The summed E-state index contributed by atoms with van der Waals surface area (Å²) < 4.78 is 7.29. The molecule has 0 amide bonds. The first-order chi connectivity index (χ1) is 38.7. The molecular weight excluding hydrogens is 943 g/mol. The maximum absolute atomic E-state index is 7.29. The fourth-order valence-corrected chi connectivity index (χ4v) is 13.7. The molecule has 1 N–H and O–H groups in total. The molecule has 0 aromatic heterocycles. The van der Waals surface area contributed by atoms with Gasteiger partial charge in [0.2, 0.25) is 0 Å². The Balaban J connectivity index is 0.910. The minimum atomic E-state index is -0.513. The summed E-state index contributed by atoms with van der Waals surface area (Å²) in [5.41, 5.74) is 28.8. The molecule has 11 aromatic carbocycles. The summed E-state index contributed by atoms with van der Waals surface area (Å²) >= 11 is 0. The zero-order chi connectivity index (χ0) is 51.6. The number of ether oxygens (including phenoxy) is 1. The van der Waals surface area contributed by atoms with Crippen molar-refractivity contribution in [3.05, 3.63) is 323 Å². The predicted octanol–water partition coefficient (Wildman–Crippen LogP) is 19.5. The van der Waals surface area contributed by atoms with Crippen LogP contribution in [-0.4, -0.2) is 0 Å². The van der Waals surface area contributed by atoms with Gasteiger partial charge in [0.25, 0.3) is 0 Å². The highest BCUT2D eigenvalue weighted by Crippen LogP contribution is 2.59. The lowest BCUT2D eigenvalue weighted by Crippen LogP contribution is -2.28. The van der Waals surface area contributed by atoms with Crippen molar-refractivity contribution in [3.63, 3.8) is 0 Å². The summed E-state index contributed by atoms with van der Waals surface area (Å²) in [4.78, 5) is 0. The molecular formula is C76H55NO. The fourth-order valence-electron chi connectivity index (χ4n) is 13.7. The van der Waals surface area contributed by atoms with Crippen LogP contribution < -0.4 is 5.32 Å². The number of hydrogen-bond acceptors (Lipinski definition) is 2. The Bertz CT molecular complexity index is 4150. The maximum Gasteiger partial charge on any atom is 0.0938 e. The van der Waals surface area contributed by atoms with Crippen LogP contribution in [0, 0.1) is 0 Å². The van der Waals surface area contributed by atoms with Crippen LogP contribution in [0.4, 0.5) is 11.4 Å². The van der Waals surface area contributed by atoms with Crippen molar-refractivity contribution in [2.24, 2.45) is 0 Å². The Hall–Kier alpha value is -9.34. The van der Waals surface area contributed by atoms with E-state index in [4.69, 9.17) is 4.74 Å². The number of benzene rings is 11. The first-order valence-corrected chi connectivity index (χ1v) is 27.5. The molecule has 4 aliphatic rings. The summed E-state index contributed by atoms with van der Waals surface area (Å²) in [6.45, 7) is 0.533. The maximum atomic E-state index is 7.29. The van der Waals surface area contributed by atoms with Crippen LogP contribution in [-0.2, 0) is 23.2 Å². The number of anilines is 2. The summed E-state index contributed by atoms with van der Waals surface area (Å²) in [5, 5.41) is 4.01. The standard InChI is InChI=1S/C76H55NO/c1-4-25-55(26-5-1)76(56-27-6-2-7-28-56)71-39-17-16-35-68(71)73-65(37-20-40-72(73)76)66-38-19-36-59(74(66)77-57-29-8-3-9-30-57)54-24-18-23-52(47-54)53-43-45-64-67-46-42-51-22-11-13-32-60(51)75(67)78-49-70-58-31-12-10-21-50(58)41-44-63(70)61-33-14-15-34-62(61)69(64)48-53/h1-9,11-20,22-48,67,75,77H,10,21,49H2/t67?,75-/m0/s1. The van der Waals surface area contributed by atoms with Gasteiger partial charge in [0.05, 0.1) is 23.8 Å². The molecule has 78 heavy (non-hydrogen) atoms. The van der Waals surface area contributed by atoms with Gasteiger partial charge >= 0.3 is 0 Å². The van der Waals surface area contributed by atoms with Gasteiger partial charge in [-0.1, -0.05) is 255 Å². The topological polar surface area (TPSA) is 21.3 Å². The number of para-hydroxylation sites is 2. The van der Waals surface area contributed by atoms with E-state index in [1.54, 1.807) is 0 Å². The molecule has 2 heteroatoms. The van der Waals surface area contributed by atoms with Crippen molar-refractivity contribution in [2.75, 3.05) is 5.32 Å². The SMILES string of the molecule is C1=Cc2c(ccc3c2CO[C@H]2c4ccccc4C=CC2c2ccc(-c4cccc(-c5cccc(-c6cccc7c6-c6ccccc6C7(c6ccccc6)c6ccccc6)c5Nc5ccccc5)c4)cc2-c2ccccc2-3)CC1. The molecule has 0 saturated heterocycles. The number of allylic oxidation sites excluding steroid dienone is 1. The largest absolute Gasteiger partial charge is 0.368 e. The molecule has 1 aliphatic heterocycles. The van der Waals surface area contributed by atoms with Crippen LogP contribution in [0.1, 0.15) is 74.1 Å². The van der Waals surface area contributed by atoms with Crippen molar-refractivity contribution < 1.29 is 4.74 Å². The van der Waals surface area contributed by atoms with Gasteiger partial charge in [-0.3, -0.25) is 0 Å². The second-order valence-electron chi connectivity index (χ2n) is 21.3. The Morgan fingerprint density at radius 1 is 0.423 bits per heavy atom. The van der Waals surface area contributed by atoms with Crippen molar-refractivity contribution in [2.45, 2.75) is 36.9 Å². The average molecular weight is 998 g/mol. The third-order valence-corrected chi connectivity index (χ3v) is 17.1. The quantitative estimate of drug-likeness (QED) is 0.172. The van der Waals surface area contributed by atoms with Crippen LogP contribution in [0.5, 0.6) is 0 Å². The lowest BCUT2D eigenvalue weighted by Gasteiger charge is -2.34. The smallest absolute Gasteiger partial charge is 0.0938 e. The molecule has 2 nitrogen and oxygen atoms in total. The van der Waals surface area contributed by atoms with Gasteiger partial charge in [-0.2, -0.15) is 0 Å². The van der Waals surface area contributed by atoms with Crippen LogP contribution in [0.15, 0.2) is 267 Å². The lowest BCUT2D eigenvalue weighted by atomic mass is 9.67. The molecule has 0 fully saturated rings. The van der Waals surface area contributed by atoms with Crippen LogP contribution in [0.25, 0.3) is 78.9 Å². The van der Waals surface area contributed by atoms with Gasteiger partial charge in [0, 0.05) is 22.7 Å². The zero-order valence-corrected chi connectivity index (χ0v) is 43.2. The lowest BCUT2D eigenvalue weighted by molar-refractivity contribution is 0.0293. The van der Waals surface area contributed by atoms with Gasteiger partial charge in [0.15, 0.2) is 0 Å². The van der Waals surface area contributed by atoms with Gasteiger partial charge in [-0.25, -0.2) is 0 Å². The Labute approximate surface area is 457 Å². The minimum Gasteiger partial charge on any atom is -0.368 e. The molecule has 11 aromatic rings. The number of aryl methyl sites for hydroxylation is 1. The third-order valence-electron chi connectivity index (χ3n) is 17.1. The van der Waals surface area contributed by atoms with Gasteiger partial charge in [-0.15, -0.1) is 0 Å². The fraction of sp³-hybridized carbons (Fsp3) is 0.0789. The molecule has 0 radical (unpaired) electrons. The van der Waals surface area contributed by atoms with E-state index in [0.29, 0.717) is 6.61 Å². The van der Waals surface area contributed by atoms with E-state index in [-0.39, 0.29) is 12.0 Å². The number of fused-ring (bicyclic) bond motifs is 14. The van der Waals surface area contributed by atoms with E-state index in [1.807, 2.05) is 0 Å². The monoisotopic (exact) mass is 997 g/mol. The van der Waals surface area contributed by atoms with E-state index in [1.165, 1.54) is 94.6 Å². The van der Waals surface area contributed by atoms with E-state index in [9.17, 15) is 0 Å². The molecule has 0 bridgehead atoms. The second-order valence-corrected chi connectivity index (χ2v) is 21.3. The molecule has 2 atom stereocenters. The highest BCUT2D eigenvalue weighted by molar-refractivity contribution is 6.02. The predicted molar refractivity (Wildman–Crippen MR) is 324 cm³/mol. The van der Waals surface area contributed by atoms with Crippen molar-refractivity contribution in [3.8, 4) is 66.8 Å². The van der Waals surface area contributed by atoms with E-state index in [0.717, 1.165) is 52.0 Å². The first kappa shape index (κ1) is 46.0. The summed E-state index contributed by atoms with van der Waals surface area (Å²) in [7, 11) is 0. The minimum absolute atomic E-state index is 0.00581. The number of hydrogen-bond donors (Lipinski definition) is 1. The molecule has 1 heterocycles. The highest BCUT2D eigenvalue weighted by Gasteiger charge is 2.47. The van der Waals surface area contributed by atoms with E-state index < -0.39 is 5.41 Å². The third kappa shape index (κ3) is 7.43. The van der Waals surface area contributed by atoms with Gasteiger partial charge in [-0.05, 0) is 148 Å². The molecule has 3 aliphatic carbocycles. The van der Waals surface area contributed by atoms with E-state index >= 15 is 0 Å². The summed E-state index contributed by atoms with van der Waals surface area (Å²) in [6, 6.07) is 94.5. The summed E-state index contributed by atoms with van der Waals surface area (Å²) in [6.07, 6.45) is 11.3. The van der Waals surface area contributed by atoms with Crippen LogP contribution in [0.3, 0.4) is 0 Å². The molecule has 15 rings (SSSR count). The average Bonchev–Trinajstić information content (AvgIpc) is 4.08. The molecule has 0 spiro atoms. The Morgan fingerprint density at radius 3 is 1.87 bits per heavy atom. The number of nitrogens with one attached hydrogen (secondary N) is 1. The molecule has 0 saturated carbocycles. The Morgan fingerprint density at radius 2 is 1.05 bits per heavy atom. The van der Waals surface area contributed by atoms with Crippen molar-refractivity contribution in [1.29, 1.82) is 0 Å². The van der Waals surface area contributed by atoms with Crippen molar-refractivity contribution >= 4 is 23.5 Å². The number of rotatable bonds is 7. The van der Waals surface area contributed by atoms with Crippen LogP contribution >= 0.6 is 0 Å². The van der Waals surface area contributed by atoms with Crippen LogP contribution in [0.2, 0.25) is 0 Å². The molecule has 370 valence electrons. The first-order valence-electron chi connectivity index (χ1n) is 27.5. The van der Waals surface area contributed by atoms with E-state index in [2.05, 4.69) is 284 Å². The van der Waals surface area contributed by atoms with Gasteiger partial charge < -0.3 is 10.1 Å². The van der Waals surface area contributed by atoms with Crippen molar-refractivity contribution in [1.82, 2.24) is 0 Å². The molecule has 1 unspecified atom stereocenters. The van der Waals surface area contributed by atoms with Gasteiger partial charge in [0.1, 0.15) is 0 Å².